The molecule has 0 aromatic carbocycles. The summed E-state index contributed by atoms with van der Waals surface area (Å²) in [7, 11) is 0. The van der Waals surface area contributed by atoms with Crippen molar-refractivity contribution in [2.45, 2.75) is 13.8 Å². The summed E-state index contributed by atoms with van der Waals surface area (Å²) in [5, 5.41) is 0. The summed E-state index contributed by atoms with van der Waals surface area (Å²) in [5.74, 6) is 0. The van der Waals surface area contributed by atoms with Crippen LogP contribution < -0.4 is 0 Å². The summed E-state index contributed by atoms with van der Waals surface area (Å²) >= 11 is 3.45. The summed E-state index contributed by atoms with van der Waals surface area (Å²) in [6.45, 7) is 4.08. The average molecular weight is 222 g/mol. The van der Waals surface area contributed by atoms with E-state index in [1.807, 2.05) is 13.0 Å². The van der Waals surface area contributed by atoms with Crippen molar-refractivity contribution >= 4 is 29.0 Å². The van der Waals surface area contributed by atoms with Crippen molar-refractivity contribution < 1.29 is 4.79 Å². The first-order valence-corrected chi connectivity index (χ1v) is 5.96. The van der Waals surface area contributed by atoms with Gasteiger partial charge in [-0.15, -0.1) is 22.7 Å². The van der Waals surface area contributed by atoms with Gasteiger partial charge in [-0.05, 0) is 32.0 Å². The molecule has 14 heavy (non-hydrogen) atoms. The van der Waals surface area contributed by atoms with Gasteiger partial charge in [-0.1, -0.05) is 0 Å². The molecule has 0 aliphatic rings. The van der Waals surface area contributed by atoms with E-state index in [2.05, 4.69) is 19.1 Å². The monoisotopic (exact) mass is 222 g/mol. The quantitative estimate of drug-likeness (QED) is 0.704. The smallest absolute Gasteiger partial charge is 0.151 e. The molecule has 0 amide bonds. The van der Waals surface area contributed by atoms with E-state index in [0.717, 1.165) is 16.7 Å². The maximum absolute atomic E-state index is 10.7. The second-order valence-corrected chi connectivity index (χ2v) is 5.69. The van der Waals surface area contributed by atoms with Crippen molar-refractivity contribution in [1.29, 1.82) is 0 Å². The zero-order valence-corrected chi connectivity index (χ0v) is 9.67. The number of hydrogen-bond acceptors (Lipinski definition) is 3. The average Bonchev–Trinajstić information content (AvgIpc) is 2.71. The maximum Gasteiger partial charge on any atom is 0.151 e. The van der Waals surface area contributed by atoms with Crippen molar-refractivity contribution in [3.05, 3.63) is 33.5 Å². The molecule has 0 bridgehead atoms. The Hall–Kier alpha value is -0.930. The lowest BCUT2D eigenvalue weighted by molar-refractivity contribution is 0.112. The van der Waals surface area contributed by atoms with Gasteiger partial charge in [0.25, 0.3) is 0 Å². The maximum atomic E-state index is 10.7. The molecule has 0 saturated carbocycles. The zero-order chi connectivity index (χ0) is 10.1. The van der Waals surface area contributed by atoms with Gasteiger partial charge in [-0.3, -0.25) is 4.79 Å². The summed E-state index contributed by atoms with van der Waals surface area (Å²) in [6, 6.07) is 6.19. The Balaban J connectivity index is 2.47. The van der Waals surface area contributed by atoms with Crippen LogP contribution in [0.3, 0.4) is 0 Å². The predicted molar refractivity (Wildman–Crippen MR) is 62.5 cm³/mol. The number of carbonyl (C=O) groups is 1. The van der Waals surface area contributed by atoms with E-state index in [4.69, 9.17) is 0 Å². The fourth-order valence-electron chi connectivity index (χ4n) is 1.30. The summed E-state index contributed by atoms with van der Waals surface area (Å²) in [4.78, 5) is 15.5. The number of aryl methyl sites for hydroxylation is 2. The molecule has 0 spiro atoms. The molecule has 1 nitrogen and oxygen atoms in total. The third-order valence-corrected chi connectivity index (χ3v) is 4.33. The Morgan fingerprint density at radius 3 is 2.43 bits per heavy atom. The summed E-state index contributed by atoms with van der Waals surface area (Å²) < 4.78 is 0. The normalized spacial score (nSPS) is 10.4. The second kappa shape index (κ2) is 3.67. The van der Waals surface area contributed by atoms with Crippen LogP contribution in [-0.2, 0) is 0 Å². The highest BCUT2D eigenvalue weighted by Gasteiger charge is 2.07. The number of thiophene rings is 2. The van der Waals surface area contributed by atoms with Crippen molar-refractivity contribution in [3.8, 4) is 9.75 Å². The van der Waals surface area contributed by atoms with Crippen LogP contribution in [0.5, 0.6) is 0 Å². The van der Waals surface area contributed by atoms with Crippen molar-refractivity contribution in [2.24, 2.45) is 0 Å². The minimum atomic E-state index is 0.816. The van der Waals surface area contributed by atoms with E-state index in [1.54, 1.807) is 22.7 Å². The van der Waals surface area contributed by atoms with Crippen LogP contribution in [-0.4, -0.2) is 6.29 Å². The Labute approximate surface area is 91.0 Å². The molecule has 0 radical (unpaired) electrons. The fraction of sp³-hybridized carbons (Fsp3) is 0.182. The lowest BCUT2D eigenvalue weighted by Crippen LogP contribution is -1.73. The molecule has 0 aliphatic carbocycles. The Morgan fingerprint density at radius 1 is 1.14 bits per heavy atom. The third-order valence-electron chi connectivity index (χ3n) is 2.07. The first-order chi connectivity index (χ1) is 6.70. The topological polar surface area (TPSA) is 17.1 Å². The molecule has 72 valence electrons. The molecular formula is C11H10OS2. The van der Waals surface area contributed by atoms with Gasteiger partial charge in [-0.25, -0.2) is 0 Å². The molecule has 0 unspecified atom stereocenters. The lowest BCUT2D eigenvalue weighted by Gasteiger charge is -1.87. The first kappa shape index (κ1) is 9.62. The lowest BCUT2D eigenvalue weighted by atomic mass is 10.2. The van der Waals surface area contributed by atoms with Gasteiger partial charge in [0.05, 0.1) is 0 Å². The van der Waals surface area contributed by atoms with Gasteiger partial charge >= 0.3 is 0 Å². The number of hydrogen-bond donors (Lipinski definition) is 0. The molecule has 0 fully saturated rings. The van der Waals surface area contributed by atoms with Crippen LogP contribution in [0.1, 0.15) is 20.1 Å². The Morgan fingerprint density at radius 2 is 1.93 bits per heavy atom. The number of carbonyl (C=O) groups excluding carboxylic acids is 1. The van der Waals surface area contributed by atoms with Gasteiger partial charge in [0.15, 0.2) is 6.29 Å². The van der Waals surface area contributed by atoms with E-state index in [1.165, 1.54) is 14.6 Å². The third kappa shape index (κ3) is 1.65. The fourth-order valence-corrected chi connectivity index (χ4v) is 3.24. The molecular weight excluding hydrogens is 212 g/mol. The van der Waals surface area contributed by atoms with Gasteiger partial charge in [0.2, 0.25) is 0 Å². The SMILES string of the molecule is Cc1ccc(-c2cc(C=O)c(C)s2)s1. The standard InChI is InChI=1S/C11H10OS2/c1-7-3-4-10(13-7)11-5-9(6-12)8(2)14-11/h3-6H,1-2H3. The van der Waals surface area contributed by atoms with Gasteiger partial charge in [0.1, 0.15) is 0 Å². The van der Waals surface area contributed by atoms with Crippen LogP contribution in [0.2, 0.25) is 0 Å². The van der Waals surface area contributed by atoms with E-state index >= 15 is 0 Å². The molecule has 2 heterocycles. The highest BCUT2D eigenvalue weighted by molar-refractivity contribution is 7.22. The minimum Gasteiger partial charge on any atom is -0.298 e. The summed E-state index contributed by atoms with van der Waals surface area (Å²) in [5.41, 5.74) is 0.816. The number of rotatable bonds is 2. The second-order valence-electron chi connectivity index (χ2n) is 3.15. The van der Waals surface area contributed by atoms with Crippen LogP contribution in [0.25, 0.3) is 9.75 Å². The molecule has 0 atom stereocenters. The van der Waals surface area contributed by atoms with Crippen molar-refractivity contribution in [3.63, 3.8) is 0 Å². The molecule has 0 N–H and O–H groups in total. The first-order valence-electron chi connectivity index (χ1n) is 4.33. The van der Waals surface area contributed by atoms with E-state index < -0.39 is 0 Å². The zero-order valence-electron chi connectivity index (χ0n) is 8.03. The highest BCUT2D eigenvalue weighted by Crippen LogP contribution is 2.34. The van der Waals surface area contributed by atoms with E-state index in [-0.39, 0.29) is 0 Å². The summed E-state index contributed by atoms with van der Waals surface area (Å²) in [6.07, 6.45) is 0.926. The Kier molecular flexibility index (Phi) is 2.52. The Bertz CT molecular complexity index is 465. The molecule has 0 aliphatic heterocycles. The molecule has 2 aromatic rings. The van der Waals surface area contributed by atoms with Gasteiger partial charge < -0.3 is 0 Å². The van der Waals surface area contributed by atoms with Crippen molar-refractivity contribution in [1.82, 2.24) is 0 Å². The van der Waals surface area contributed by atoms with Crippen LogP contribution in [0.4, 0.5) is 0 Å². The van der Waals surface area contributed by atoms with Crippen molar-refractivity contribution in [2.75, 3.05) is 0 Å². The molecule has 2 rings (SSSR count). The van der Waals surface area contributed by atoms with Crippen LogP contribution in [0.15, 0.2) is 18.2 Å². The van der Waals surface area contributed by atoms with Crippen LogP contribution in [0, 0.1) is 13.8 Å². The number of aldehydes is 1. The molecule has 3 heteroatoms. The van der Waals surface area contributed by atoms with Crippen LogP contribution >= 0.6 is 22.7 Å². The minimum absolute atomic E-state index is 0.816. The van der Waals surface area contributed by atoms with Gasteiger partial charge in [-0.2, -0.15) is 0 Å². The largest absolute Gasteiger partial charge is 0.298 e. The molecule has 0 saturated heterocycles. The van der Waals surface area contributed by atoms with E-state index in [0.29, 0.717) is 0 Å². The molecule has 2 aromatic heterocycles. The highest BCUT2D eigenvalue weighted by atomic mass is 32.1. The van der Waals surface area contributed by atoms with Gasteiger partial charge in [0, 0.05) is 25.1 Å². The van der Waals surface area contributed by atoms with E-state index in [9.17, 15) is 4.79 Å². The predicted octanol–water partition coefficient (Wildman–Crippen LogP) is 3.91.